The van der Waals surface area contributed by atoms with Crippen molar-refractivity contribution in [1.82, 2.24) is 4.98 Å². The number of allylic oxidation sites excluding steroid dienone is 1. The Morgan fingerprint density at radius 3 is 2.50 bits per heavy atom. The zero-order chi connectivity index (χ0) is 17.7. The number of esters is 1. The average Bonchev–Trinajstić information content (AvgIpc) is 2.86. The molecule has 0 bridgehead atoms. The van der Waals surface area contributed by atoms with Crippen LogP contribution in [0.2, 0.25) is 0 Å². The molecule has 0 saturated carbocycles. The summed E-state index contributed by atoms with van der Waals surface area (Å²) in [6, 6.07) is 10.5. The summed E-state index contributed by atoms with van der Waals surface area (Å²) >= 11 is 0. The van der Waals surface area contributed by atoms with E-state index in [-0.39, 0.29) is 18.0 Å². The van der Waals surface area contributed by atoms with Crippen LogP contribution in [0.5, 0.6) is 0 Å². The molecule has 0 saturated heterocycles. The second-order valence-corrected chi connectivity index (χ2v) is 5.25. The second-order valence-electron chi connectivity index (χ2n) is 5.25. The number of aryl methyl sites for hydroxylation is 1. The number of ketones is 1. The molecule has 2 aromatic rings. The first-order valence-electron chi connectivity index (χ1n) is 7.57. The molecule has 0 fully saturated rings. The maximum Gasteiger partial charge on any atom is 0.340 e. The van der Waals surface area contributed by atoms with Gasteiger partial charge in [-0.15, -0.1) is 0 Å². The molecule has 0 aliphatic heterocycles. The minimum Gasteiger partial charge on any atom is -0.462 e. The number of H-pyrrole nitrogens is 1. The topological polar surface area (TPSA) is 82.9 Å². The summed E-state index contributed by atoms with van der Waals surface area (Å²) < 4.78 is 5.04. The second kappa shape index (κ2) is 7.42. The van der Waals surface area contributed by atoms with Gasteiger partial charge in [0.1, 0.15) is 11.6 Å². The van der Waals surface area contributed by atoms with Gasteiger partial charge < -0.3 is 9.72 Å². The summed E-state index contributed by atoms with van der Waals surface area (Å²) in [6.45, 7) is 5.53. The molecule has 1 aromatic heterocycles. The number of nitrogens with zero attached hydrogens (tertiary/aromatic N) is 1. The molecule has 0 radical (unpaired) electrons. The van der Waals surface area contributed by atoms with E-state index in [2.05, 4.69) is 4.98 Å². The van der Waals surface area contributed by atoms with Gasteiger partial charge in [0.2, 0.25) is 5.78 Å². The van der Waals surface area contributed by atoms with Crippen molar-refractivity contribution in [2.24, 2.45) is 0 Å². The lowest BCUT2D eigenvalue weighted by Crippen LogP contribution is -2.06. The molecule has 0 atom stereocenters. The number of benzene rings is 1. The van der Waals surface area contributed by atoms with Crippen LogP contribution >= 0.6 is 0 Å². The summed E-state index contributed by atoms with van der Waals surface area (Å²) in [5, 5.41) is 9.33. The molecule has 1 heterocycles. The predicted molar refractivity (Wildman–Crippen MR) is 90.6 cm³/mol. The Morgan fingerprint density at radius 1 is 1.25 bits per heavy atom. The van der Waals surface area contributed by atoms with E-state index in [1.165, 1.54) is 6.08 Å². The van der Waals surface area contributed by atoms with E-state index in [0.29, 0.717) is 28.1 Å². The van der Waals surface area contributed by atoms with Gasteiger partial charge in [-0.25, -0.2) is 4.79 Å². The summed E-state index contributed by atoms with van der Waals surface area (Å²) in [7, 11) is 0. The highest BCUT2D eigenvalue weighted by Crippen LogP contribution is 2.22. The lowest BCUT2D eigenvalue weighted by molar-refractivity contribution is 0.0525. The van der Waals surface area contributed by atoms with Gasteiger partial charge in [-0.3, -0.25) is 4.79 Å². The largest absolute Gasteiger partial charge is 0.462 e. The smallest absolute Gasteiger partial charge is 0.340 e. The Kier molecular flexibility index (Phi) is 5.33. The van der Waals surface area contributed by atoms with E-state index >= 15 is 0 Å². The van der Waals surface area contributed by atoms with Crippen molar-refractivity contribution in [2.75, 3.05) is 6.61 Å². The number of Topliss-reactive ketones (excluding diaryl/α,β-unsaturated/α-hetero) is 1. The van der Waals surface area contributed by atoms with Gasteiger partial charge >= 0.3 is 5.97 Å². The normalized spacial score (nSPS) is 11.0. The van der Waals surface area contributed by atoms with E-state index in [0.717, 1.165) is 0 Å². The number of carbonyl (C=O) groups is 2. The lowest BCUT2D eigenvalue weighted by Gasteiger charge is -2.02. The van der Waals surface area contributed by atoms with Crippen molar-refractivity contribution >= 4 is 17.8 Å². The molecule has 0 aliphatic rings. The Morgan fingerprint density at radius 2 is 1.92 bits per heavy atom. The van der Waals surface area contributed by atoms with Crippen molar-refractivity contribution in [3.05, 3.63) is 64.0 Å². The van der Waals surface area contributed by atoms with Gasteiger partial charge in [-0.05, 0) is 32.4 Å². The van der Waals surface area contributed by atoms with Crippen molar-refractivity contribution in [3.8, 4) is 6.07 Å². The molecule has 1 aromatic carbocycles. The first-order chi connectivity index (χ1) is 11.5. The van der Waals surface area contributed by atoms with Gasteiger partial charge in [-0.1, -0.05) is 30.3 Å². The summed E-state index contributed by atoms with van der Waals surface area (Å²) in [6.07, 6.45) is 1.47. The van der Waals surface area contributed by atoms with E-state index < -0.39 is 5.97 Å². The minimum absolute atomic E-state index is 0.000888. The summed E-state index contributed by atoms with van der Waals surface area (Å²) in [4.78, 5) is 27.5. The number of nitriles is 1. The first-order valence-corrected chi connectivity index (χ1v) is 7.57. The van der Waals surface area contributed by atoms with Crippen molar-refractivity contribution in [2.45, 2.75) is 20.8 Å². The molecule has 0 unspecified atom stereocenters. The number of carbonyl (C=O) groups excluding carboxylic acids is 2. The van der Waals surface area contributed by atoms with Crippen LogP contribution in [0.25, 0.3) is 6.08 Å². The Bertz CT molecular complexity index is 839. The monoisotopic (exact) mass is 322 g/mol. The minimum atomic E-state index is -0.420. The van der Waals surface area contributed by atoms with Gasteiger partial charge in [-0.2, -0.15) is 5.26 Å². The number of hydrogen-bond acceptors (Lipinski definition) is 4. The number of aromatic nitrogens is 1. The molecular formula is C19H18N2O3. The fraction of sp³-hybridized carbons (Fsp3) is 0.211. The highest BCUT2D eigenvalue weighted by molar-refractivity contribution is 6.14. The third-order valence-corrected chi connectivity index (χ3v) is 3.65. The third-order valence-electron chi connectivity index (χ3n) is 3.65. The number of ether oxygens (including phenoxy) is 1. The Balaban J connectivity index is 2.43. The van der Waals surface area contributed by atoms with E-state index in [1.54, 1.807) is 51.1 Å². The molecular weight excluding hydrogens is 304 g/mol. The fourth-order valence-corrected chi connectivity index (χ4v) is 2.47. The van der Waals surface area contributed by atoms with Gasteiger partial charge in [0, 0.05) is 17.0 Å². The molecule has 0 aliphatic carbocycles. The fourth-order valence-electron chi connectivity index (χ4n) is 2.47. The number of aromatic amines is 1. The van der Waals surface area contributed by atoms with Crippen LogP contribution in [0.15, 0.2) is 35.9 Å². The first kappa shape index (κ1) is 17.2. The van der Waals surface area contributed by atoms with Crippen molar-refractivity contribution in [1.29, 1.82) is 5.26 Å². The molecule has 5 nitrogen and oxygen atoms in total. The van der Waals surface area contributed by atoms with Crippen LogP contribution < -0.4 is 0 Å². The SMILES string of the molecule is CCOC(=O)c1c(C)[nH]c(/C=C(\C#N)C(=O)c2ccccc2)c1C. The average molecular weight is 322 g/mol. The van der Waals surface area contributed by atoms with Crippen LogP contribution in [0.4, 0.5) is 0 Å². The lowest BCUT2D eigenvalue weighted by atomic mass is 10.0. The van der Waals surface area contributed by atoms with Gasteiger partial charge in [0.15, 0.2) is 0 Å². The highest BCUT2D eigenvalue weighted by Gasteiger charge is 2.20. The summed E-state index contributed by atoms with van der Waals surface area (Å²) in [5.74, 6) is -0.779. The zero-order valence-corrected chi connectivity index (χ0v) is 13.8. The van der Waals surface area contributed by atoms with Crippen molar-refractivity contribution < 1.29 is 14.3 Å². The van der Waals surface area contributed by atoms with Crippen LogP contribution in [-0.4, -0.2) is 23.3 Å². The standard InChI is InChI=1S/C19H18N2O3/c1-4-24-19(23)17-12(2)16(21-13(17)3)10-15(11-20)18(22)14-8-6-5-7-9-14/h5-10,21H,4H2,1-3H3/b15-10+. The molecule has 0 amide bonds. The Hall–Kier alpha value is -3.13. The van der Waals surface area contributed by atoms with Crippen LogP contribution in [0.1, 0.15) is 44.6 Å². The molecule has 122 valence electrons. The van der Waals surface area contributed by atoms with E-state index in [4.69, 9.17) is 4.74 Å². The maximum absolute atomic E-state index is 12.4. The molecule has 0 spiro atoms. The molecule has 1 N–H and O–H groups in total. The molecule has 2 rings (SSSR count). The van der Waals surface area contributed by atoms with E-state index in [9.17, 15) is 14.9 Å². The number of nitrogens with one attached hydrogen (secondary N) is 1. The predicted octanol–water partition coefficient (Wildman–Crippen LogP) is 3.60. The Labute approximate surface area is 140 Å². The number of rotatable bonds is 5. The highest BCUT2D eigenvalue weighted by atomic mass is 16.5. The summed E-state index contributed by atoms with van der Waals surface area (Å²) in [5.41, 5.74) is 2.72. The number of hydrogen-bond donors (Lipinski definition) is 1. The third kappa shape index (κ3) is 3.44. The quantitative estimate of drug-likeness (QED) is 0.394. The zero-order valence-electron chi connectivity index (χ0n) is 13.8. The van der Waals surface area contributed by atoms with Crippen LogP contribution in [0.3, 0.4) is 0 Å². The van der Waals surface area contributed by atoms with Crippen LogP contribution in [-0.2, 0) is 4.74 Å². The molecule has 5 heteroatoms. The van der Waals surface area contributed by atoms with E-state index in [1.807, 2.05) is 6.07 Å². The van der Waals surface area contributed by atoms with Crippen LogP contribution in [0, 0.1) is 25.2 Å². The molecule has 24 heavy (non-hydrogen) atoms. The van der Waals surface area contributed by atoms with Crippen molar-refractivity contribution in [3.63, 3.8) is 0 Å². The van der Waals surface area contributed by atoms with Gasteiger partial charge in [0.25, 0.3) is 0 Å². The maximum atomic E-state index is 12.4. The van der Waals surface area contributed by atoms with Gasteiger partial charge in [0.05, 0.1) is 12.2 Å².